The van der Waals surface area contributed by atoms with Crippen LogP contribution in [0.3, 0.4) is 0 Å². The Kier molecular flexibility index (Phi) is 4.93. The number of carbonyl (C=O) groups excluding carboxylic acids is 1. The van der Waals surface area contributed by atoms with Gasteiger partial charge in [0.05, 0.1) is 6.10 Å². The van der Waals surface area contributed by atoms with Crippen molar-refractivity contribution < 1.29 is 14.3 Å². The van der Waals surface area contributed by atoms with Crippen molar-refractivity contribution in [2.24, 2.45) is 0 Å². The van der Waals surface area contributed by atoms with Crippen LogP contribution in [0.4, 0.5) is 5.69 Å². The first-order valence-corrected chi connectivity index (χ1v) is 7.93. The highest BCUT2D eigenvalue weighted by Gasteiger charge is 2.16. The Morgan fingerprint density at radius 1 is 1.26 bits per heavy atom. The van der Waals surface area contributed by atoms with E-state index in [1.165, 1.54) is 0 Å². The van der Waals surface area contributed by atoms with Crippen molar-refractivity contribution in [1.29, 1.82) is 0 Å². The van der Waals surface area contributed by atoms with Crippen LogP contribution in [0.15, 0.2) is 48.5 Å². The summed E-state index contributed by atoms with van der Waals surface area (Å²) >= 11 is 0. The van der Waals surface area contributed by atoms with Gasteiger partial charge in [-0.25, -0.2) is 0 Å². The number of benzene rings is 2. The number of hydrogen-bond acceptors (Lipinski definition) is 3. The first-order chi connectivity index (χ1) is 11.2. The Morgan fingerprint density at radius 2 is 2.09 bits per heavy atom. The zero-order chi connectivity index (χ0) is 16.1. The van der Waals surface area contributed by atoms with Gasteiger partial charge in [0.25, 0.3) is 5.91 Å². The summed E-state index contributed by atoms with van der Waals surface area (Å²) in [5.74, 6) is 0.614. The number of nitrogens with one attached hydrogen (secondary N) is 1. The summed E-state index contributed by atoms with van der Waals surface area (Å²) in [6, 6.07) is 14.9. The van der Waals surface area contributed by atoms with E-state index < -0.39 is 0 Å². The predicted molar refractivity (Wildman–Crippen MR) is 90.0 cm³/mol. The van der Waals surface area contributed by atoms with Crippen molar-refractivity contribution >= 4 is 11.6 Å². The number of ether oxygens (including phenoxy) is 2. The van der Waals surface area contributed by atoms with E-state index in [-0.39, 0.29) is 12.0 Å². The van der Waals surface area contributed by atoms with Crippen LogP contribution in [0.1, 0.15) is 28.8 Å². The van der Waals surface area contributed by atoms with E-state index in [0.717, 1.165) is 36.4 Å². The molecule has 0 aliphatic carbocycles. The standard InChI is InChI=1S/C19H21NO3/c1-14-7-9-15(10-8-14)19(21)20-16-4-2-5-17(12-16)23-13-18-6-3-11-22-18/h2,4-5,7-10,12,18H,3,6,11,13H2,1H3,(H,20,21)/t18-/m1/s1. The second kappa shape index (κ2) is 7.29. The molecule has 0 bridgehead atoms. The lowest BCUT2D eigenvalue weighted by Gasteiger charge is -2.12. The smallest absolute Gasteiger partial charge is 0.255 e. The molecule has 1 aliphatic rings. The van der Waals surface area contributed by atoms with Crippen molar-refractivity contribution in [1.82, 2.24) is 0 Å². The molecular weight excluding hydrogens is 290 g/mol. The monoisotopic (exact) mass is 311 g/mol. The number of anilines is 1. The van der Waals surface area contributed by atoms with Gasteiger partial charge in [0, 0.05) is 23.9 Å². The van der Waals surface area contributed by atoms with E-state index in [1.807, 2.05) is 55.5 Å². The number of rotatable bonds is 5. The lowest BCUT2D eigenvalue weighted by Crippen LogP contribution is -2.16. The van der Waals surface area contributed by atoms with E-state index in [9.17, 15) is 4.79 Å². The number of amides is 1. The molecule has 1 amide bonds. The normalized spacial score (nSPS) is 17.0. The molecule has 4 heteroatoms. The van der Waals surface area contributed by atoms with Gasteiger partial charge >= 0.3 is 0 Å². The predicted octanol–water partition coefficient (Wildman–Crippen LogP) is 3.81. The van der Waals surface area contributed by atoms with Crippen LogP contribution in [0.5, 0.6) is 5.75 Å². The van der Waals surface area contributed by atoms with Crippen molar-refractivity contribution in [3.05, 3.63) is 59.7 Å². The van der Waals surface area contributed by atoms with Gasteiger partial charge in [-0.05, 0) is 44.0 Å². The molecular formula is C19H21NO3. The van der Waals surface area contributed by atoms with Gasteiger partial charge in [-0.15, -0.1) is 0 Å². The maximum Gasteiger partial charge on any atom is 0.255 e. The zero-order valence-corrected chi connectivity index (χ0v) is 13.2. The third-order valence-electron chi connectivity index (χ3n) is 3.87. The lowest BCUT2D eigenvalue weighted by molar-refractivity contribution is 0.0680. The quantitative estimate of drug-likeness (QED) is 0.913. The van der Waals surface area contributed by atoms with Crippen molar-refractivity contribution in [2.45, 2.75) is 25.9 Å². The summed E-state index contributed by atoms with van der Waals surface area (Å²) in [6.07, 6.45) is 2.32. The summed E-state index contributed by atoms with van der Waals surface area (Å²) < 4.78 is 11.3. The third kappa shape index (κ3) is 4.33. The molecule has 3 rings (SSSR count). The van der Waals surface area contributed by atoms with Gasteiger partial charge in [-0.3, -0.25) is 4.79 Å². The molecule has 2 aromatic rings. The van der Waals surface area contributed by atoms with Crippen molar-refractivity contribution in [3.8, 4) is 5.75 Å². The Bertz CT molecular complexity index is 661. The van der Waals surface area contributed by atoms with Crippen molar-refractivity contribution in [3.63, 3.8) is 0 Å². The Hall–Kier alpha value is -2.33. The molecule has 1 saturated heterocycles. The SMILES string of the molecule is Cc1ccc(C(=O)Nc2cccc(OC[C@H]3CCCO3)c2)cc1. The third-order valence-corrected chi connectivity index (χ3v) is 3.87. The maximum atomic E-state index is 12.2. The Balaban J connectivity index is 1.60. The molecule has 1 fully saturated rings. The van der Waals surface area contributed by atoms with Crippen LogP contribution in [-0.4, -0.2) is 25.2 Å². The van der Waals surface area contributed by atoms with Crippen LogP contribution >= 0.6 is 0 Å². The average molecular weight is 311 g/mol. The summed E-state index contributed by atoms with van der Waals surface area (Å²) in [6.45, 7) is 3.37. The van der Waals surface area contributed by atoms with E-state index >= 15 is 0 Å². The van der Waals surface area contributed by atoms with Gasteiger partial charge in [0.2, 0.25) is 0 Å². The largest absolute Gasteiger partial charge is 0.491 e. The molecule has 0 saturated carbocycles. The fourth-order valence-electron chi connectivity index (χ4n) is 2.54. The van der Waals surface area contributed by atoms with Crippen LogP contribution in [-0.2, 0) is 4.74 Å². The summed E-state index contributed by atoms with van der Waals surface area (Å²) in [5, 5.41) is 2.90. The minimum absolute atomic E-state index is 0.124. The summed E-state index contributed by atoms with van der Waals surface area (Å²) in [5.41, 5.74) is 2.49. The van der Waals surface area contributed by atoms with Crippen LogP contribution in [0.2, 0.25) is 0 Å². The first-order valence-electron chi connectivity index (χ1n) is 7.93. The molecule has 1 aliphatic heterocycles. The van der Waals surface area contributed by atoms with Crippen molar-refractivity contribution in [2.75, 3.05) is 18.5 Å². The van der Waals surface area contributed by atoms with Gasteiger partial charge in [0.1, 0.15) is 12.4 Å². The summed E-state index contributed by atoms with van der Waals surface area (Å²) in [4.78, 5) is 12.2. The molecule has 1 atom stereocenters. The second-order valence-electron chi connectivity index (χ2n) is 5.79. The molecule has 23 heavy (non-hydrogen) atoms. The molecule has 0 aromatic heterocycles. The zero-order valence-electron chi connectivity index (χ0n) is 13.2. The van der Waals surface area contributed by atoms with E-state index in [4.69, 9.17) is 9.47 Å². The first kappa shape index (κ1) is 15.6. The highest BCUT2D eigenvalue weighted by molar-refractivity contribution is 6.04. The van der Waals surface area contributed by atoms with E-state index in [2.05, 4.69) is 5.32 Å². The molecule has 0 radical (unpaired) electrons. The molecule has 1 N–H and O–H groups in total. The van der Waals surface area contributed by atoms with Gasteiger partial charge in [-0.1, -0.05) is 23.8 Å². The van der Waals surface area contributed by atoms with Gasteiger partial charge < -0.3 is 14.8 Å². The second-order valence-corrected chi connectivity index (χ2v) is 5.79. The maximum absolute atomic E-state index is 12.2. The molecule has 4 nitrogen and oxygen atoms in total. The molecule has 0 spiro atoms. The number of carbonyl (C=O) groups is 1. The Morgan fingerprint density at radius 3 is 2.83 bits per heavy atom. The molecule has 0 unspecified atom stereocenters. The van der Waals surface area contributed by atoms with Crippen LogP contribution in [0.25, 0.3) is 0 Å². The van der Waals surface area contributed by atoms with E-state index in [0.29, 0.717) is 12.2 Å². The molecule has 1 heterocycles. The number of aryl methyl sites for hydroxylation is 1. The minimum atomic E-state index is -0.124. The van der Waals surface area contributed by atoms with Crippen LogP contribution < -0.4 is 10.1 Å². The lowest BCUT2D eigenvalue weighted by atomic mass is 10.1. The average Bonchev–Trinajstić information content (AvgIpc) is 3.07. The minimum Gasteiger partial charge on any atom is -0.491 e. The molecule has 120 valence electrons. The molecule has 2 aromatic carbocycles. The fourth-order valence-corrected chi connectivity index (χ4v) is 2.54. The highest BCUT2D eigenvalue weighted by atomic mass is 16.5. The van der Waals surface area contributed by atoms with Gasteiger partial charge in [-0.2, -0.15) is 0 Å². The topological polar surface area (TPSA) is 47.6 Å². The Labute approximate surface area is 136 Å². The van der Waals surface area contributed by atoms with Crippen LogP contribution in [0, 0.1) is 6.92 Å². The summed E-state index contributed by atoms with van der Waals surface area (Å²) in [7, 11) is 0. The van der Waals surface area contributed by atoms with E-state index in [1.54, 1.807) is 0 Å². The number of hydrogen-bond donors (Lipinski definition) is 1. The van der Waals surface area contributed by atoms with Gasteiger partial charge in [0.15, 0.2) is 0 Å². The highest BCUT2D eigenvalue weighted by Crippen LogP contribution is 2.20. The fraction of sp³-hybridized carbons (Fsp3) is 0.316.